The molecule has 2 aliphatic carbocycles. The zero-order valence-electron chi connectivity index (χ0n) is 26.0. The van der Waals surface area contributed by atoms with Crippen LogP contribution in [-0.4, -0.2) is 63.0 Å². The van der Waals surface area contributed by atoms with Crippen LogP contribution >= 0.6 is 22.7 Å². The molecule has 0 saturated heterocycles. The third-order valence-corrected chi connectivity index (χ3v) is 11.9. The van der Waals surface area contributed by atoms with Crippen molar-refractivity contribution >= 4 is 46.0 Å². The first-order valence-corrected chi connectivity index (χ1v) is 17.4. The zero-order chi connectivity index (χ0) is 31.1. The Labute approximate surface area is 267 Å². The second-order valence-corrected chi connectivity index (χ2v) is 15.4. The van der Waals surface area contributed by atoms with Gasteiger partial charge in [-0.2, -0.15) is 0 Å². The van der Waals surface area contributed by atoms with Gasteiger partial charge in [0.2, 0.25) is 5.60 Å². The van der Waals surface area contributed by atoms with Gasteiger partial charge >= 0.3 is 5.97 Å². The largest absolute Gasteiger partial charge is 0.460 e. The van der Waals surface area contributed by atoms with E-state index < -0.39 is 11.6 Å². The van der Waals surface area contributed by atoms with E-state index >= 15 is 0 Å². The lowest BCUT2D eigenvalue weighted by Crippen LogP contribution is -2.42. The standard InChI is InChI=1S/C34H42N4O4S2/c1-33(2,3)28-15-16-30(44-28)34(41,29-10-6-19-43-29)32(40)42-24-13-11-23(12-14-24)37(4)17-7-18-38-31-26-9-5-8-25(26)22(21-39)20-27(31)35-36-38/h6,10,15-16,19-21,23-24,41H,5,7-9,11-14,17-18H2,1-4H3/t23?,24?,34-/m0/s1. The van der Waals surface area contributed by atoms with Crippen molar-refractivity contribution in [2.45, 2.75) is 102 Å². The number of hydrogen-bond acceptors (Lipinski definition) is 9. The number of benzene rings is 1. The number of aldehydes is 1. The summed E-state index contributed by atoms with van der Waals surface area (Å²) in [7, 11) is 2.17. The molecule has 0 unspecified atom stereocenters. The van der Waals surface area contributed by atoms with Gasteiger partial charge in [0, 0.05) is 23.0 Å². The maximum absolute atomic E-state index is 13.7. The Morgan fingerprint density at radius 1 is 1.11 bits per heavy atom. The highest BCUT2D eigenvalue weighted by Gasteiger charge is 2.45. The summed E-state index contributed by atoms with van der Waals surface area (Å²) in [4.78, 5) is 30.0. The Morgan fingerprint density at radius 3 is 2.55 bits per heavy atom. The lowest BCUT2D eigenvalue weighted by atomic mass is 9.91. The van der Waals surface area contributed by atoms with Crippen molar-refractivity contribution in [3.8, 4) is 0 Å². The van der Waals surface area contributed by atoms with Crippen molar-refractivity contribution < 1.29 is 19.4 Å². The molecule has 1 atom stereocenters. The Morgan fingerprint density at radius 2 is 1.86 bits per heavy atom. The van der Waals surface area contributed by atoms with Gasteiger partial charge in [-0.1, -0.05) is 32.1 Å². The fraction of sp³-hybridized carbons (Fsp3) is 0.529. The van der Waals surface area contributed by atoms with Gasteiger partial charge in [-0.15, -0.1) is 27.8 Å². The summed E-state index contributed by atoms with van der Waals surface area (Å²) >= 11 is 2.85. The van der Waals surface area contributed by atoms with Gasteiger partial charge in [-0.25, -0.2) is 9.48 Å². The maximum Gasteiger partial charge on any atom is 0.349 e. The molecule has 1 fully saturated rings. The molecule has 0 aliphatic heterocycles. The molecule has 0 amide bonds. The molecule has 44 heavy (non-hydrogen) atoms. The number of carbonyl (C=O) groups is 2. The van der Waals surface area contributed by atoms with Crippen LogP contribution in [-0.2, 0) is 39.9 Å². The van der Waals surface area contributed by atoms with Crippen molar-refractivity contribution in [3.63, 3.8) is 0 Å². The molecule has 6 rings (SSSR count). The van der Waals surface area contributed by atoms with Gasteiger partial charge in [0.25, 0.3) is 0 Å². The van der Waals surface area contributed by atoms with Gasteiger partial charge in [0.15, 0.2) is 0 Å². The predicted octanol–water partition coefficient (Wildman–Crippen LogP) is 6.27. The quantitative estimate of drug-likeness (QED) is 0.162. The van der Waals surface area contributed by atoms with Crippen LogP contribution in [0.15, 0.2) is 35.7 Å². The number of hydrogen-bond donors (Lipinski definition) is 1. The molecule has 0 bridgehead atoms. The average molecular weight is 635 g/mol. The molecule has 1 aromatic carbocycles. The first-order valence-electron chi connectivity index (χ1n) is 15.7. The monoisotopic (exact) mass is 634 g/mol. The summed E-state index contributed by atoms with van der Waals surface area (Å²) in [6.07, 6.45) is 8.11. The van der Waals surface area contributed by atoms with Crippen molar-refractivity contribution in [2.75, 3.05) is 13.6 Å². The van der Waals surface area contributed by atoms with Crippen LogP contribution < -0.4 is 0 Å². The lowest BCUT2D eigenvalue weighted by molar-refractivity contribution is -0.169. The van der Waals surface area contributed by atoms with E-state index in [2.05, 4.69) is 43.0 Å². The van der Waals surface area contributed by atoms with Crippen LogP contribution in [0.4, 0.5) is 0 Å². The molecular formula is C34H42N4O4S2. The van der Waals surface area contributed by atoms with Crippen molar-refractivity contribution in [1.29, 1.82) is 0 Å². The van der Waals surface area contributed by atoms with E-state index in [4.69, 9.17) is 4.74 Å². The van der Waals surface area contributed by atoms with Crippen LogP contribution in [0, 0.1) is 0 Å². The number of thiophene rings is 2. The minimum Gasteiger partial charge on any atom is -0.460 e. The Bertz CT molecular complexity index is 1630. The molecule has 2 aliphatic rings. The SMILES string of the molecule is CN(CCCn1nnc2cc(C=O)c3c(c21)CCC3)C1CCC(OC(=O)[C@](O)(c2cccs2)c2ccc(C(C)(C)C)s2)CC1. The summed E-state index contributed by atoms with van der Waals surface area (Å²) < 4.78 is 8.07. The molecule has 3 heterocycles. The third-order valence-electron chi connectivity index (χ3n) is 9.33. The normalized spacial score (nSPS) is 20.1. The predicted molar refractivity (Wildman–Crippen MR) is 175 cm³/mol. The minimum absolute atomic E-state index is 0.0716. The molecule has 0 radical (unpaired) electrons. The number of rotatable bonds is 10. The number of aliphatic hydroxyl groups is 1. The summed E-state index contributed by atoms with van der Waals surface area (Å²) in [6.45, 7) is 8.11. The molecule has 4 aromatic rings. The van der Waals surface area contributed by atoms with E-state index in [0.29, 0.717) is 15.8 Å². The molecule has 1 N–H and O–H groups in total. The van der Waals surface area contributed by atoms with Crippen LogP contribution in [0.3, 0.4) is 0 Å². The Hall–Kier alpha value is -2.92. The van der Waals surface area contributed by atoms with Crippen LogP contribution in [0.2, 0.25) is 0 Å². The van der Waals surface area contributed by atoms with Gasteiger partial charge in [-0.05, 0) is 111 Å². The van der Waals surface area contributed by atoms with Gasteiger partial charge in [0.1, 0.15) is 17.9 Å². The van der Waals surface area contributed by atoms with E-state index in [1.54, 1.807) is 0 Å². The van der Waals surface area contributed by atoms with E-state index in [1.807, 2.05) is 40.4 Å². The number of carbonyl (C=O) groups excluding carboxylic acids is 2. The number of aromatic nitrogens is 3. The second kappa shape index (κ2) is 12.5. The summed E-state index contributed by atoms with van der Waals surface area (Å²) in [5, 5.41) is 22.6. The van der Waals surface area contributed by atoms with Crippen molar-refractivity contribution in [2.24, 2.45) is 0 Å². The average Bonchev–Trinajstić information content (AvgIpc) is 3.83. The van der Waals surface area contributed by atoms with E-state index in [9.17, 15) is 14.7 Å². The fourth-order valence-corrected chi connectivity index (χ4v) is 8.83. The topological polar surface area (TPSA) is 97.5 Å². The van der Waals surface area contributed by atoms with E-state index in [-0.39, 0.29) is 11.5 Å². The smallest absolute Gasteiger partial charge is 0.349 e. The number of aryl methyl sites for hydroxylation is 2. The molecule has 8 nitrogen and oxygen atoms in total. The first-order chi connectivity index (χ1) is 21.1. The van der Waals surface area contributed by atoms with Gasteiger partial charge in [0.05, 0.1) is 15.3 Å². The molecule has 1 saturated carbocycles. The number of nitrogens with zero attached hydrogens (tertiary/aromatic N) is 4. The second-order valence-electron chi connectivity index (χ2n) is 13.3. The number of ether oxygens (including phenoxy) is 1. The minimum atomic E-state index is -1.80. The van der Waals surface area contributed by atoms with Crippen LogP contribution in [0.1, 0.15) is 95.4 Å². The summed E-state index contributed by atoms with van der Waals surface area (Å²) in [5.41, 5.74) is 3.21. The maximum atomic E-state index is 13.7. The van der Waals surface area contributed by atoms with E-state index in [0.717, 1.165) is 92.2 Å². The highest BCUT2D eigenvalue weighted by molar-refractivity contribution is 7.13. The highest BCUT2D eigenvalue weighted by atomic mass is 32.1. The molecule has 3 aromatic heterocycles. The Kier molecular flexibility index (Phi) is 8.80. The first kappa shape index (κ1) is 31.1. The van der Waals surface area contributed by atoms with E-state index in [1.165, 1.54) is 33.8 Å². The van der Waals surface area contributed by atoms with Crippen LogP contribution in [0.25, 0.3) is 11.0 Å². The van der Waals surface area contributed by atoms with Gasteiger partial charge in [-0.3, -0.25) is 4.79 Å². The highest BCUT2D eigenvalue weighted by Crippen LogP contribution is 2.41. The van der Waals surface area contributed by atoms with Crippen LogP contribution in [0.5, 0.6) is 0 Å². The van der Waals surface area contributed by atoms with Crippen molar-refractivity contribution in [1.82, 2.24) is 19.9 Å². The number of esters is 1. The molecule has 234 valence electrons. The van der Waals surface area contributed by atoms with Crippen molar-refractivity contribution in [3.05, 3.63) is 67.0 Å². The summed E-state index contributed by atoms with van der Waals surface area (Å²) in [5.74, 6) is -0.578. The summed E-state index contributed by atoms with van der Waals surface area (Å²) in [6, 6.07) is 9.85. The molecule has 10 heteroatoms. The fourth-order valence-electron chi connectivity index (χ4n) is 6.79. The lowest BCUT2D eigenvalue weighted by Gasteiger charge is -2.35. The van der Waals surface area contributed by atoms with Gasteiger partial charge < -0.3 is 14.7 Å². The number of fused-ring (bicyclic) bond motifs is 3. The zero-order valence-corrected chi connectivity index (χ0v) is 27.7. The Balaban J connectivity index is 1.04. The molecule has 0 spiro atoms. The molecular weight excluding hydrogens is 593 g/mol. The third kappa shape index (κ3) is 5.89.